The van der Waals surface area contributed by atoms with Crippen LogP contribution in [-0.2, 0) is 11.2 Å². The van der Waals surface area contributed by atoms with Crippen molar-refractivity contribution in [3.05, 3.63) is 29.8 Å². The quantitative estimate of drug-likeness (QED) is 0.780. The molecule has 1 amide bonds. The molecule has 19 heavy (non-hydrogen) atoms. The first kappa shape index (κ1) is 15.5. The number of methoxy groups -OCH3 is 1. The van der Waals surface area contributed by atoms with Crippen LogP contribution < -0.4 is 4.74 Å². The molecule has 0 fully saturated rings. The average molecular weight is 265 g/mol. The minimum Gasteiger partial charge on any atom is -0.497 e. The first-order valence-electron chi connectivity index (χ1n) is 6.72. The van der Waals surface area contributed by atoms with Gasteiger partial charge in [-0.15, -0.1) is 0 Å². The number of amides is 1. The largest absolute Gasteiger partial charge is 0.497 e. The molecule has 0 aliphatic rings. The lowest BCUT2D eigenvalue weighted by Gasteiger charge is -2.21. The van der Waals surface area contributed by atoms with E-state index in [4.69, 9.17) is 9.84 Å². The van der Waals surface area contributed by atoms with Gasteiger partial charge in [0.15, 0.2) is 0 Å². The SMILES string of the molecule is CCCN(CCO)C(=O)CCc1ccc(OC)cc1. The Hall–Kier alpha value is -1.55. The van der Waals surface area contributed by atoms with Gasteiger partial charge in [-0.25, -0.2) is 0 Å². The summed E-state index contributed by atoms with van der Waals surface area (Å²) in [7, 11) is 1.63. The number of aryl methyl sites for hydroxylation is 1. The van der Waals surface area contributed by atoms with Gasteiger partial charge in [0.05, 0.1) is 13.7 Å². The van der Waals surface area contributed by atoms with Crippen LogP contribution in [-0.4, -0.2) is 42.7 Å². The number of hydrogen-bond donors (Lipinski definition) is 1. The molecule has 0 aliphatic carbocycles. The van der Waals surface area contributed by atoms with Gasteiger partial charge >= 0.3 is 0 Å². The van der Waals surface area contributed by atoms with Crippen molar-refractivity contribution in [2.45, 2.75) is 26.2 Å². The second kappa shape index (κ2) is 8.53. The zero-order valence-corrected chi connectivity index (χ0v) is 11.8. The molecule has 1 aromatic rings. The number of carbonyl (C=O) groups excluding carboxylic acids is 1. The van der Waals surface area contributed by atoms with Crippen molar-refractivity contribution in [1.82, 2.24) is 4.90 Å². The summed E-state index contributed by atoms with van der Waals surface area (Å²) in [6, 6.07) is 7.75. The van der Waals surface area contributed by atoms with E-state index >= 15 is 0 Å². The number of benzene rings is 1. The molecule has 1 aromatic carbocycles. The number of aliphatic hydroxyl groups is 1. The molecule has 0 atom stereocenters. The fourth-order valence-electron chi connectivity index (χ4n) is 1.95. The second-order valence-electron chi connectivity index (χ2n) is 4.45. The maximum Gasteiger partial charge on any atom is 0.222 e. The van der Waals surface area contributed by atoms with E-state index in [2.05, 4.69) is 0 Å². The Morgan fingerprint density at radius 1 is 1.26 bits per heavy atom. The highest BCUT2D eigenvalue weighted by atomic mass is 16.5. The first-order chi connectivity index (χ1) is 9.21. The van der Waals surface area contributed by atoms with Gasteiger partial charge in [-0.3, -0.25) is 4.79 Å². The summed E-state index contributed by atoms with van der Waals surface area (Å²) < 4.78 is 5.09. The Morgan fingerprint density at radius 2 is 1.95 bits per heavy atom. The summed E-state index contributed by atoms with van der Waals surface area (Å²) in [6.07, 6.45) is 2.11. The van der Waals surface area contributed by atoms with Gasteiger partial charge in [-0.05, 0) is 30.5 Å². The van der Waals surface area contributed by atoms with Gasteiger partial charge in [0, 0.05) is 19.5 Å². The van der Waals surface area contributed by atoms with Crippen LogP contribution in [0.1, 0.15) is 25.3 Å². The highest BCUT2D eigenvalue weighted by Crippen LogP contribution is 2.13. The molecule has 1 rings (SSSR count). The summed E-state index contributed by atoms with van der Waals surface area (Å²) in [5.41, 5.74) is 1.12. The van der Waals surface area contributed by atoms with Crippen LogP contribution in [0.5, 0.6) is 5.75 Å². The van der Waals surface area contributed by atoms with Crippen molar-refractivity contribution in [1.29, 1.82) is 0 Å². The van der Waals surface area contributed by atoms with Crippen LogP contribution in [0.2, 0.25) is 0 Å². The molecular formula is C15H23NO3. The maximum absolute atomic E-state index is 12.0. The smallest absolute Gasteiger partial charge is 0.222 e. The molecule has 0 aromatic heterocycles. The molecule has 106 valence electrons. The van der Waals surface area contributed by atoms with Crippen LogP contribution in [0, 0.1) is 0 Å². The number of carbonyl (C=O) groups is 1. The topological polar surface area (TPSA) is 49.8 Å². The van der Waals surface area contributed by atoms with Crippen molar-refractivity contribution >= 4 is 5.91 Å². The van der Waals surface area contributed by atoms with E-state index in [0.717, 1.165) is 17.7 Å². The van der Waals surface area contributed by atoms with Crippen LogP contribution in [0.15, 0.2) is 24.3 Å². The van der Waals surface area contributed by atoms with E-state index in [1.807, 2.05) is 31.2 Å². The van der Waals surface area contributed by atoms with Gasteiger partial charge in [-0.1, -0.05) is 19.1 Å². The van der Waals surface area contributed by atoms with E-state index in [1.54, 1.807) is 12.0 Å². The lowest BCUT2D eigenvalue weighted by molar-refractivity contribution is -0.131. The molecule has 4 heteroatoms. The normalized spacial score (nSPS) is 10.3. The number of hydrogen-bond acceptors (Lipinski definition) is 3. The van der Waals surface area contributed by atoms with E-state index in [1.165, 1.54) is 0 Å². The zero-order chi connectivity index (χ0) is 14.1. The third-order valence-corrected chi connectivity index (χ3v) is 3.00. The van der Waals surface area contributed by atoms with Gasteiger partial charge in [-0.2, -0.15) is 0 Å². The van der Waals surface area contributed by atoms with Gasteiger partial charge in [0.1, 0.15) is 5.75 Å². The Morgan fingerprint density at radius 3 is 2.47 bits per heavy atom. The standard InChI is InChI=1S/C15H23NO3/c1-3-10-16(11-12-17)15(18)9-6-13-4-7-14(19-2)8-5-13/h4-5,7-8,17H,3,6,9-12H2,1-2H3. The Bertz CT molecular complexity index is 369. The molecule has 0 bridgehead atoms. The predicted octanol–water partition coefficient (Wildman–Crippen LogP) is 1.86. The van der Waals surface area contributed by atoms with Gasteiger partial charge in [0.25, 0.3) is 0 Å². The lowest BCUT2D eigenvalue weighted by atomic mass is 10.1. The minimum atomic E-state index is 0.0221. The third-order valence-electron chi connectivity index (χ3n) is 3.00. The predicted molar refractivity (Wildman–Crippen MR) is 75.3 cm³/mol. The molecule has 4 nitrogen and oxygen atoms in total. The molecule has 0 saturated carbocycles. The van der Waals surface area contributed by atoms with Crippen molar-refractivity contribution in [3.63, 3.8) is 0 Å². The number of nitrogens with zero attached hydrogens (tertiary/aromatic N) is 1. The third kappa shape index (κ3) is 5.30. The molecule has 0 saturated heterocycles. The summed E-state index contributed by atoms with van der Waals surface area (Å²) in [4.78, 5) is 13.7. The Kier molecular flexibility index (Phi) is 6.97. The summed E-state index contributed by atoms with van der Waals surface area (Å²) in [5.74, 6) is 0.926. The van der Waals surface area contributed by atoms with Gasteiger partial charge in [0.2, 0.25) is 5.91 Å². The number of ether oxygens (including phenoxy) is 1. The number of rotatable bonds is 8. The summed E-state index contributed by atoms with van der Waals surface area (Å²) >= 11 is 0. The number of aliphatic hydroxyl groups excluding tert-OH is 1. The van der Waals surface area contributed by atoms with Crippen molar-refractivity contribution in [2.75, 3.05) is 26.8 Å². The van der Waals surface area contributed by atoms with E-state index in [-0.39, 0.29) is 12.5 Å². The fraction of sp³-hybridized carbons (Fsp3) is 0.533. The second-order valence-corrected chi connectivity index (χ2v) is 4.45. The maximum atomic E-state index is 12.0. The Balaban J connectivity index is 2.46. The van der Waals surface area contributed by atoms with Crippen LogP contribution in [0.25, 0.3) is 0 Å². The van der Waals surface area contributed by atoms with Crippen LogP contribution >= 0.6 is 0 Å². The molecule has 1 N–H and O–H groups in total. The van der Waals surface area contributed by atoms with Crippen LogP contribution in [0.3, 0.4) is 0 Å². The van der Waals surface area contributed by atoms with Crippen molar-refractivity contribution in [3.8, 4) is 5.75 Å². The molecule has 0 spiro atoms. The lowest BCUT2D eigenvalue weighted by Crippen LogP contribution is -2.34. The highest BCUT2D eigenvalue weighted by molar-refractivity contribution is 5.76. The molecule has 0 heterocycles. The molecule has 0 aliphatic heterocycles. The Labute approximate surface area is 115 Å². The van der Waals surface area contributed by atoms with E-state index in [9.17, 15) is 4.79 Å². The van der Waals surface area contributed by atoms with Crippen LogP contribution in [0.4, 0.5) is 0 Å². The van der Waals surface area contributed by atoms with Crippen molar-refractivity contribution < 1.29 is 14.6 Å². The fourth-order valence-corrected chi connectivity index (χ4v) is 1.95. The molecular weight excluding hydrogens is 242 g/mol. The van der Waals surface area contributed by atoms with E-state index < -0.39 is 0 Å². The molecule has 0 unspecified atom stereocenters. The zero-order valence-electron chi connectivity index (χ0n) is 11.8. The summed E-state index contributed by atoms with van der Waals surface area (Å²) in [5, 5.41) is 8.95. The van der Waals surface area contributed by atoms with Gasteiger partial charge < -0.3 is 14.7 Å². The first-order valence-corrected chi connectivity index (χ1v) is 6.72. The highest BCUT2D eigenvalue weighted by Gasteiger charge is 2.11. The van der Waals surface area contributed by atoms with E-state index in [0.29, 0.717) is 25.9 Å². The minimum absolute atomic E-state index is 0.0221. The van der Waals surface area contributed by atoms with Crippen molar-refractivity contribution in [2.24, 2.45) is 0 Å². The summed E-state index contributed by atoms with van der Waals surface area (Å²) in [6.45, 7) is 3.19. The average Bonchev–Trinajstić information content (AvgIpc) is 2.45. The molecule has 0 radical (unpaired) electrons. The monoisotopic (exact) mass is 265 g/mol.